The minimum atomic E-state index is -0.0753. The molecular formula is C20H27N3O. The number of allylic oxidation sites excluding steroid dienone is 2. The van der Waals surface area contributed by atoms with Crippen LogP contribution in [0.1, 0.15) is 26.3 Å². The quantitative estimate of drug-likeness (QED) is 0.483. The summed E-state index contributed by atoms with van der Waals surface area (Å²) in [5, 5.41) is 0. The van der Waals surface area contributed by atoms with Crippen LogP contribution in [-0.4, -0.2) is 43.7 Å². The van der Waals surface area contributed by atoms with Crippen molar-refractivity contribution in [2.24, 2.45) is 4.99 Å². The Labute approximate surface area is 145 Å². The van der Waals surface area contributed by atoms with Crippen molar-refractivity contribution in [3.63, 3.8) is 0 Å². The third kappa shape index (κ3) is 3.94. The third-order valence-corrected chi connectivity index (χ3v) is 4.28. The maximum Gasteiger partial charge on any atom is 0.272 e. The highest BCUT2D eigenvalue weighted by atomic mass is 16.2. The van der Waals surface area contributed by atoms with Crippen molar-refractivity contribution in [2.75, 3.05) is 31.1 Å². The van der Waals surface area contributed by atoms with Gasteiger partial charge in [0.2, 0.25) is 0 Å². The second-order valence-corrected chi connectivity index (χ2v) is 6.99. The fourth-order valence-corrected chi connectivity index (χ4v) is 3.00. The maximum absolute atomic E-state index is 12.4. The van der Waals surface area contributed by atoms with Gasteiger partial charge in [-0.15, -0.1) is 0 Å². The van der Waals surface area contributed by atoms with Crippen molar-refractivity contribution in [3.8, 4) is 0 Å². The molecule has 2 rings (SSSR count). The van der Waals surface area contributed by atoms with Gasteiger partial charge in [0, 0.05) is 31.9 Å². The lowest BCUT2D eigenvalue weighted by Crippen LogP contribution is -2.49. The molecule has 128 valence electrons. The molecule has 1 amide bonds. The van der Waals surface area contributed by atoms with E-state index in [9.17, 15) is 4.79 Å². The summed E-state index contributed by atoms with van der Waals surface area (Å²) in [5.41, 5.74) is 3.05. The molecule has 0 bridgehead atoms. The van der Waals surface area contributed by atoms with E-state index in [-0.39, 0.29) is 11.3 Å². The summed E-state index contributed by atoms with van der Waals surface area (Å²) < 4.78 is 0. The van der Waals surface area contributed by atoms with Crippen LogP contribution in [0.25, 0.3) is 0 Å². The maximum atomic E-state index is 12.4. The highest BCUT2D eigenvalue weighted by Crippen LogP contribution is 2.32. The number of aliphatic imine (C=N–C) groups is 1. The van der Waals surface area contributed by atoms with E-state index in [2.05, 4.69) is 68.2 Å². The first kappa shape index (κ1) is 18.0. The van der Waals surface area contributed by atoms with Crippen LogP contribution >= 0.6 is 0 Å². The Morgan fingerprint density at radius 2 is 1.79 bits per heavy atom. The topological polar surface area (TPSA) is 35.9 Å². The van der Waals surface area contributed by atoms with Crippen LogP contribution in [0.3, 0.4) is 0 Å². The molecule has 0 N–H and O–H groups in total. The van der Waals surface area contributed by atoms with E-state index < -0.39 is 0 Å². The Morgan fingerprint density at radius 3 is 2.33 bits per heavy atom. The van der Waals surface area contributed by atoms with Gasteiger partial charge in [-0.25, -0.2) is 0 Å². The fourth-order valence-electron chi connectivity index (χ4n) is 3.00. The molecule has 0 atom stereocenters. The van der Waals surface area contributed by atoms with Crippen LogP contribution in [0.5, 0.6) is 0 Å². The number of hydrogen-bond acceptors (Lipinski definition) is 3. The van der Waals surface area contributed by atoms with Crippen LogP contribution < -0.4 is 4.90 Å². The summed E-state index contributed by atoms with van der Waals surface area (Å²) in [5.74, 6) is -0.0753. The highest BCUT2D eigenvalue weighted by molar-refractivity contribution is 5.94. The molecule has 0 spiro atoms. The molecule has 4 heteroatoms. The Bertz CT molecular complexity index is 647. The Kier molecular flexibility index (Phi) is 5.60. The minimum absolute atomic E-state index is 0.0753. The molecule has 0 aromatic heterocycles. The number of anilines is 1. The number of benzene rings is 1. The first-order valence-corrected chi connectivity index (χ1v) is 8.31. The van der Waals surface area contributed by atoms with Crippen LogP contribution in [0.2, 0.25) is 0 Å². The number of carbonyl (C=O) groups is 1. The lowest BCUT2D eigenvalue weighted by atomic mass is 9.85. The average molecular weight is 325 g/mol. The third-order valence-electron chi connectivity index (χ3n) is 4.28. The number of rotatable bonds is 4. The van der Waals surface area contributed by atoms with Crippen LogP contribution in [-0.2, 0) is 10.2 Å². The van der Waals surface area contributed by atoms with Crippen molar-refractivity contribution in [1.29, 1.82) is 0 Å². The molecule has 1 aliphatic heterocycles. The van der Waals surface area contributed by atoms with Crippen molar-refractivity contribution >= 4 is 18.3 Å². The van der Waals surface area contributed by atoms with Gasteiger partial charge in [-0.1, -0.05) is 51.6 Å². The molecule has 0 unspecified atom stereocenters. The lowest BCUT2D eigenvalue weighted by molar-refractivity contribution is -0.127. The van der Waals surface area contributed by atoms with Gasteiger partial charge in [0.05, 0.1) is 0 Å². The SMILES string of the molecule is C=C/C=C(\N=C)C(=O)N1CCN(c2ccccc2C(C)(C)C)CC1. The summed E-state index contributed by atoms with van der Waals surface area (Å²) in [6.07, 6.45) is 3.17. The summed E-state index contributed by atoms with van der Waals surface area (Å²) in [7, 11) is 0. The van der Waals surface area contributed by atoms with E-state index in [1.807, 2.05) is 4.90 Å². The smallest absolute Gasteiger partial charge is 0.272 e. The van der Waals surface area contributed by atoms with E-state index in [1.165, 1.54) is 11.3 Å². The van der Waals surface area contributed by atoms with Crippen molar-refractivity contribution < 1.29 is 4.79 Å². The van der Waals surface area contributed by atoms with Gasteiger partial charge in [-0.2, -0.15) is 0 Å². The molecule has 0 aliphatic carbocycles. The standard InChI is InChI=1S/C20H27N3O/c1-6-9-17(21-5)19(24)23-14-12-22(13-15-23)18-11-8-7-10-16(18)20(2,3)4/h6-11H,1,5,12-15H2,2-4H3/b17-9-. The van der Waals surface area contributed by atoms with E-state index in [1.54, 1.807) is 12.2 Å². The zero-order chi connectivity index (χ0) is 17.7. The first-order valence-electron chi connectivity index (χ1n) is 8.31. The molecular weight excluding hydrogens is 298 g/mol. The first-order chi connectivity index (χ1) is 11.4. The van der Waals surface area contributed by atoms with Crippen LogP contribution in [0, 0.1) is 0 Å². The molecule has 0 saturated carbocycles. The van der Waals surface area contributed by atoms with Gasteiger partial charge in [-0.3, -0.25) is 9.79 Å². The fraction of sp³-hybridized carbons (Fsp3) is 0.400. The molecule has 4 nitrogen and oxygen atoms in total. The van der Waals surface area contributed by atoms with Crippen molar-refractivity contribution in [2.45, 2.75) is 26.2 Å². The zero-order valence-electron chi connectivity index (χ0n) is 15.0. The summed E-state index contributed by atoms with van der Waals surface area (Å²) in [6, 6.07) is 8.53. The predicted molar refractivity (Wildman–Crippen MR) is 102 cm³/mol. The summed E-state index contributed by atoms with van der Waals surface area (Å²) in [6.45, 7) is 16.8. The molecule has 1 aromatic carbocycles. The molecule has 1 aromatic rings. The van der Waals surface area contributed by atoms with Gasteiger partial charge in [0.1, 0.15) is 5.70 Å². The van der Waals surface area contributed by atoms with Crippen LogP contribution in [0.15, 0.2) is 53.7 Å². The van der Waals surface area contributed by atoms with Gasteiger partial charge in [-0.05, 0) is 29.8 Å². The van der Waals surface area contributed by atoms with Gasteiger partial charge in [0.15, 0.2) is 0 Å². The van der Waals surface area contributed by atoms with Gasteiger partial charge >= 0.3 is 0 Å². The molecule has 1 saturated heterocycles. The summed E-state index contributed by atoms with van der Waals surface area (Å²) in [4.78, 5) is 20.5. The Morgan fingerprint density at radius 1 is 1.17 bits per heavy atom. The highest BCUT2D eigenvalue weighted by Gasteiger charge is 2.26. The average Bonchev–Trinajstić information content (AvgIpc) is 2.58. The van der Waals surface area contributed by atoms with E-state index in [0.29, 0.717) is 18.8 Å². The molecule has 1 aliphatic rings. The van der Waals surface area contributed by atoms with Crippen molar-refractivity contribution in [1.82, 2.24) is 4.90 Å². The van der Waals surface area contributed by atoms with Gasteiger partial charge < -0.3 is 9.80 Å². The number of para-hydroxylation sites is 1. The van der Waals surface area contributed by atoms with E-state index in [4.69, 9.17) is 0 Å². The number of amides is 1. The molecule has 1 fully saturated rings. The Hall–Kier alpha value is -2.36. The largest absolute Gasteiger partial charge is 0.368 e. The van der Waals surface area contributed by atoms with Gasteiger partial charge in [0.25, 0.3) is 5.91 Å². The number of hydrogen-bond donors (Lipinski definition) is 0. The van der Waals surface area contributed by atoms with E-state index in [0.717, 1.165) is 13.1 Å². The van der Waals surface area contributed by atoms with E-state index >= 15 is 0 Å². The van der Waals surface area contributed by atoms with Crippen molar-refractivity contribution in [3.05, 3.63) is 54.3 Å². The predicted octanol–water partition coefficient (Wildman–Crippen LogP) is 3.40. The number of nitrogens with zero attached hydrogens (tertiary/aromatic N) is 3. The number of piperazine rings is 1. The second-order valence-electron chi connectivity index (χ2n) is 6.99. The minimum Gasteiger partial charge on any atom is -0.368 e. The lowest BCUT2D eigenvalue weighted by Gasteiger charge is -2.38. The zero-order valence-corrected chi connectivity index (χ0v) is 15.0. The summed E-state index contributed by atoms with van der Waals surface area (Å²) >= 11 is 0. The number of carbonyl (C=O) groups excluding carboxylic acids is 1. The second kappa shape index (κ2) is 7.47. The van der Waals surface area contributed by atoms with Crippen LogP contribution in [0.4, 0.5) is 5.69 Å². The Balaban J connectivity index is 2.12. The molecule has 24 heavy (non-hydrogen) atoms. The molecule has 0 radical (unpaired) electrons. The molecule has 1 heterocycles. The normalized spacial score (nSPS) is 16.0. The monoisotopic (exact) mass is 325 g/mol.